The third-order valence-electron chi connectivity index (χ3n) is 3.55. The average Bonchev–Trinajstić information content (AvgIpc) is 2.70. The van der Waals surface area contributed by atoms with Crippen LogP contribution in [0.1, 0.15) is 30.4 Å². The molecule has 2 nitrogen and oxygen atoms in total. The lowest BCUT2D eigenvalue weighted by molar-refractivity contribution is 0.617. The minimum atomic E-state index is 0.658. The van der Waals surface area contributed by atoms with Crippen molar-refractivity contribution in [2.75, 3.05) is 18.0 Å². The molecule has 1 unspecified atom stereocenters. The fraction of sp³-hybridized carbons (Fsp3) is 0.571. The first kappa shape index (κ1) is 11.5. The summed E-state index contributed by atoms with van der Waals surface area (Å²) in [5.74, 6) is 0. The van der Waals surface area contributed by atoms with Gasteiger partial charge in [-0.2, -0.15) is 0 Å². The average molecular weight is 218 g/mol. The number of nitrogens with two attached hydrogens (primary N) is 1. The molecule has 1 aliphatic rings. The van der Waals surface area contributed by atoms with Crippen molar-refractivity contribution in [2.45, 2.75) is 39.2 Å². The van der Waals surface area contributed by atoms with Gasteiger partial charge in [-0.05, 0) is 56.8 Å². The Balaban J connectivity index is 2.25. The number of anilines is 1. The van der Waals surface area contributed by atoms with Crippen molar-refractivity contribution in [1.82, 2.24) is 0 Å². The van der Waals surface area contributed by atoms with E-state index in [1.54, 1.807) is 0 Å². The van der Waals surface area contributed by atoms with Gasteiger partial charge in [0.2, 0.25) is 0 Å². The largest absolute Gasteiger partial charge is 0.368 e. The van der Waals surface area contributed by atoms with Gasteiger partial charge in [0.15, 0.2) is 0 Å². The summed E-state index contributed by atoms with van der Waals surface area (Å²) >= 11 is 0. The normalized spacial score (nSPS) is 20.4. The highest BCUT2D eigenvalue weighted by molar-refractivity contribution is 5.56. The van der Waals surface area contributed by atoms with Crippen LogP contribution < -0.4 is 10.6 Å². The minimum Gasteiger partial charge on any atom is -0.368 e. The summed E-state index contributed by atoms with van der Waals surface area (Å²) in [7, 11) is 0. The predicted molar refractivity (Wildman–Crippen MR) is 70.0 cm³/mol. The number of rotatable bonds is 3. The Bertz CT molecular complexity index is 360. The van der Waals surface area contributed by atoms with E-state index in [4.69, 9.17) is 5.73 Å². The van der Waals surface area contributed by atoms with Crippen LogP contribution in [0.25, 0.3) is 0 Å². The van der Waals surface area contributed by atoms with E-state index in [9.17, 15) is 0 Å². The van der Waals surface area contributed by atoms with Gasteiger partial charge in [0.05, 0.1) is 0 Å². The number of nitrogens with zero attached hydrogens (tertiary/aromatic N) is 1. The molecule has 1 fully saturated rings. The minimum absolute atomic E-state index is 0.658. The third kappa shape index (κ3) is 2.22. The van der Waals surface area contributed by atoms with Crippen molar-refractivity contribution < 1.29 is 0 Å². The molecule has 0 saturated carbocycles. The van der Waals surface area contributed by atoms with Gasteiger partial charge in [-0.1, -0.05) is 12.1 Å². The highest BCUT2D eigenvalue weighted by atomic mass is 15.2. The monoisotopic (exact) mass is 218 g/mol. The molecule has 1 atom stereocenters. The van der Waals surface area contributed by atoms with Crippen molar-refractivity contribution in [3.63, 3.8) is 0 Å². The van der Waals surface area contributed by atoms with Crippen LogP contribution in [-0.2, 0) is 0 Å². The number of hydrogen-bond acceptors (Lipinski definition) is 2. The van der Waals surface area contributed by atoms with E-state index >= 15 is 0 Å². The summed E-state index contributed by atoms with van der Waals surface area (Å²) in [5.41, 5.74) is 9.83. The van der Waals surface area contributed by atoms with E-state index in [1.807, 2.05) is 0 Å². The molecule has 1 heterocycles. The van der Waals surface area contributed by atoms with Gasteiger partial charge in [0.1, 0.15) is 0 Å². The third-order valence-corrected chi connectivity index (χ3v) is 3.55. The smallest absolute Gasteiger partial charge is 0.0401 e. The number of aryl methyl sites for hydroxylation is 2. The Morgan fingerprint density at radius 1 is 1.38 bits per heavy atom. The van der Waals surface area contributed by atoms with Gasteiger partial charge in [0, 0.05) is 18.3 Å². The van der Waals surface area contributed by atoms with Gasteiger partial charge in [-0.25, -0.2) is 0 Å². The fourth-order valence-electron chi connectivity index (χ4n) is 2.67. The first-order valence-electron chi connectivity index (χ1n) is 6.26. The molecule has 0 spiro atoms. The van der Waals surface area contributed by atoms with E-state index in [2.05, 4.69) is 36.9 Å². The summed E-state index contributed by atoms with van der Waals surface area (Å²) in [4.78, 5) is 2.55. The molecule has 0 bridgehead atoms. The van der Waals surface area contributed by atoms with Crippen molar-refractivity contribution in [3.05, 3.63) is 29.3 Å². The van der Waals surface area contributed by atoms with Crippen LogP contribution in [0.5, 0.6) is 0 Å². The van der Waals surface area contributed by atoms with Crippen LogP contribution in [-0.4, -0.2) is 19.1 Å². The summed E-state index contributed by atoms with van der Waals surface area (Å²) < 4.78 is 0. The molecule has 1 saturated heterocycles. The summed E-state index contributed by atoms with van der Waals surface area (Å²) in [6.45, 7) is 6.35. The van der Waals surface area contributed by atoms with Gasteiger partial charge >= 0.3 is 0 Å². The number of hydrogen-bond donors (Lipinski definition) is 1. The quantitative estimate of drug-likeness (QED) is 0.845. The summed E-state index contributed by atoms with van der Waals surface area (Å²) in [6.07, 6.45) is 3.72. The Hall–Kier alpha value is -1.02. The first-order chi connectivity index (χ1) is 7.72. The maximum absolute atomic E-state index is 5.69. The molecule has 2 heteroatoms. The molecule has 1 aromatic carbocycles. The molecule has 1 aromatic rings. The van der Waals surface area contributed by atoms with Crippen LogP contribution in [0, 0.1) is 13.8 Å². The fourth-order valence-corrected chi connectivity index (χ4v) is 2.67. The SMILES string of the molecule is Cc1ccc(C)c(N2CCCC2CCN)c1. The van der Waals surface area contributed by atoms with Gasteiger partial charge in [-0.3, -0.25) is 0 Å². The van der Waals surface area contributed by atoms with E-state index in [-0.39, 0.29) is 0 Å². The van der Waals surface area contributed by atoms with Gasteiger partial charge in [0.25, 0.3) is 0 Å². The lowest BCUT2D eigenvalue weighted by Gasteiger charge is -2.28. The zero-order valence-electron chi connectivity index (χ0n) is 10.4. The lowest BCUT2D eigenvalue weighted by atomic mass is 10.1. The molecule has 0 aromatic heterocycles. The Morgan fingerprint density at radius 2 is 2.19 bits per heavy atom. The van der Waals surface area contributed by atoms with Crippen molar-refractivity contribution >= 4 is 5.69 Å². The first-order valence-corrected chi connectivity index (χ1v) is 6.26. The maximum Gasteiger partial charge on any atom is 0.0401 e. The van der Waals surface area contributed by atoms with E-state index in [1.165, 1.54) is 36.2 Å². The molecular formula is C14H22N2. The molecular weight excluding hydrogens is 196 g/mol. The van der Waals surface area contributed by atoms with E-state index in [0.29, 0.717) is 6.04 Å². The van der Waals surface area contributed by atoms with Gasteiger partial charge in [-0.15, -0.1) is 0 Å². The molecule has 0 radical (unpaired) electrons. The highest BCUT2D eigenvalue weighted by Gasteiger charge is 2.24. The second-order valence-corrected chi connectivity index (χ2v) is 4.86. The Kier molecular flexibility index (Phi) is 3.49. The van der Waals surface area contributed by atoms with E-state index in [0.717, 1.165) is 13.0 Å². The second kappa shape index (κ2) is 4.88. The van der Waals surface area contributed by atoms with Crippen molar-refractivity contribution in [1.29, 1.82) is 0 Å². The standard InChI is InChI=1S/C14H22N2/c1-11-5-6-12(2)14(10-11)16-9-3-4-13(16)7-8-15/h5-6,10,13H,3-4,7-9,15H2,1-2H3. The van der Waals surface area contributed by atoms with Crippen molar-refractivity contribution in [3.8, 4) is 0 Å². The zero-order valence-corrected chi connectivity index (χ0v) is 10.4. The Morgan fingerprint density at radius 3 is 2.94 bits per heavy atom. The second-order valence-electron chi connectivity index (χ2n) is 4.86. The highest BCUT2D eigenvalue weighted by Crippen LogP contribution is 2.30. The van der Waals surface area contributed by atoms with Crippen molar-refractivity contribution in [2.24, 2.45) is 5.73 Å². The predicted octanol–water partition coefficient (Wildman–Crippen LogP) is 2.62. The lowest BCUT2D eigenvalue weighted by Crippen LogP contribution is -2.31. The molecule has 16 heavy (non-hydrogen) atoms. The van der Waals surface area contributed by atoms with Crippen LogP contribution in [0.2, 0.25) is 0 Å². The Labute approximate surface area is 98.4 Å². The summed E-state index contributed by atoms with van der Waals surface area (Å²) in [6, 6.07) is 7.38. The van der Waals surface area contributed by atoms with Gasteiger partial charge < -0.3 is 10.6 Å². The molecule has 1 aliphatic heterocycles. The van der Waals surface area contributed by atoms with Crippen LogP contribution in [0.4, 0.5) is 5.69 Å². The molecule has 0 amide bonds. The van der Waals surface area contributed by atoms with Crippen LogP contribution >= 0.6 is 0 Å². The maximum atomic E-state index is 5.69. The molecule has 88 valence electrons. The van der Waals surface area contributed by atoms with Crippen LogP contribution in [0.3, 0.4) is 0 Å². The zero-order chi connectivity index (χ0) is 11.5. The van der Waals surface area contributed by atoms with E-state index < -0.39 is 0 Å². The van der Waals surface area contributed by atoms with Crippen LogP contribution in [0.15, 0.2) is 18.2 Å². The number of benzene rings is 1. The topological polar surface area (TPSA) is 29.3 Å². The molecule has 2 rings (SSSR count). The molecule has 2 N–H and O–H groups in total. The molecule has 0 aliphatic carbocycles. The summed E-state index contributed by atoms with van der Waals surface area (Å²) in [5, 5.41) is 0.